The molecule has 1 aromatic rings. The van der Waals surface area contributed by atoms with E-state index in [4.69, 9.17) is 17.0 Å². The van der Waals surface area contributed by atoms with E-state index >= 15 is 0 Å². The summed E-state index contributed by atoms with van der Waals surface area (Å²) in [5.74, 6) is -0.238. The Morgan fingerprint density at radius 3 is 2.05 bits per heavy atom. The van der Waals surface area contributed by atoms with Gasteiger partial charge < -0.3 is 14.2 Å². The molecule has 37 heavy (non-hydrogen) atoms. The summed E-state index contributed by atoms with van der Waals surface area (Å²) in [7, 11) is -4.32. The van der Waals surface area contributed by atoms with Crippen LogP contribution < -0.4 is 9.64 Å². The fourth-order valence-electron chi connectivity index (χ4n) is 3.97. The molecule has 0 unspecified atom stereocenters. The first-order chi connectivity index (χ1) is 17.7. The Morgan fingerprint density at radius 2 is 1.46 bits per heavy atom. The SMILES string of the molecule is CCCCN1C(=O)C(=C/C=C/C=C2/Oc3ccccc3N2CCCS(=O)(=O)[O-])C(=O)N(CCCC)C1=S. The molecule has 0 aromatic heterocycles. The normalized spacial score (nSPS) is 17.3. The zero-order valence-electron chi connectivity index (χ0n) is 21.1. The van der Waals surface area contributed by atoms with E-state index in [1.165, 1.54) is 15.9 Å². The van der Waals surface area contributed by atoms with Crippen molar-refractivity contribution in [3.05, 3.63) is 60.0 Å². The average Bonchev–Trinajstić information content (AvgIpc) is 3.20. The number of benzene rings is 1. The van der Waals surface area contributed by atoms with Crippen LogP contribution in [-0.2, 0) is 19.7 Å². The molecule has 2 aliphatic heterocycles. The molecule has 2 aliphatic rings. The number of ether oxygens (including phenoxy) is 1. The molecule has 0 spiro atoms. The molecule has 1 saturated heterocycles. The van der Waals surface area contributed by atoms with Crippen LogP contribution in [0, 0.1) is 0 Å². The van der Waals surface area contributed by atoms with Crippen molar-refractivity contribution in [1.82, 2.24) is 9.80 Å². The van der Waals surface area contributed by atoms with Gasteiger partial charge in [-0.1, -0.05) is 51.0 Å². The van der Waals surface area contributed by atoms with Crippen LogP contribution in [0.15, 0.2) is 60.0 Å². The van der Waals surface area contributed by atoms with E-state index in [1.807, 2.05) is 32.0 Å². The molecule has 11 heteroatoms. The van der Waals surface area contributed by atoms with Crippen LogP contribution in [0.1, 0.15) is 46.0 Å². The number of allylic oxidation sites excluding steroid dienone is 4. The fraction of sp³-hybridized carbons (Fsp3) is 0.423. The number of para-hydroxylation sites is 2. The third-order valence-electron chi connectivity index (χ3n) is 5.91. The van der Waals surface area contributed by atoms with E-state index in [0.717, 1.165) is 31.4 Å². The lowest BCUT2D eigenvalue weighted by molar-refractivity contribution is -0.133. The zero-order chi connectivity index (χ0) is 27.0. The Hall–Kier alpha value is -3.02. The average molecular weight is 547 g/mol. The van der Waals surface area contributed by atoms with Gasteiger partial charge in [0.15, 0.2) is 10.9 Å². The van der Waals surface area contributed by atoms with Gasteiger partial charge in [-0.3, -0.25) is 19.4 Å². The number of hydrogen-bond donors (Lipinski definition) is 0. The molecule has 2 heterocycles. The van der Waals surface area contributed by atoms with Crippen molar-refractivity contribution in [2.75, 3.05) is 30.3 Å². The van der Waals surface area contributed by atoms with Crippen LogP contribution >= 0.6 is 12.2 Å². The lowest BCUT2D eigenvalue weighted by Crippen LogP contribution is -2.56. The van der Waals surface area contributed by atoms with E-state index < -0.39 is 27.7 Å². The van der Waals surface area contributed by atoms with E-state index in [0.29, 0.717) is 24.7 Å². The van der Waals surface area contributed by atoms with Crippen molar-refractivity contribution in [2.45, 2.75) is 46.0 Å². The molecule has 1 aromatic carbocycles. The zero-order valence-corrected chi connectivity index (χ0v) is 22.7. The Balaban J connectivity index is 1.81. The molecule has 200 valence electrons. The largest absolute Gasteiger partial charge is 0.748 e. The van der Waals surface area contributed by atoms with Gasteiger partial charge in [-0.25, -0.2) is 8.42 Å². The number of hydrogen-bond acceptors (Lipinski definition) is 8. The molecule has 3 rings (SSSR count). The molecule has 0 bridgehead atoms. The highest BCUT2D eigenvalue weighted by atomic mass is 32.2. The second kappa shape index (κ2) is 13.0. The van der Waals surface area contributed by atoms with Crippen LogP contribution in [0.3, 0.4) is 0 Å². The number of unbranched alkanes of at least 4 members (excludes halogenated alkanes) is 2. The molecule has 0 N–H and O–H groups in total. The third kappa shape index (κ3) is 7.27. The number of amides is 2. The smallest absolute Gasteiger partial charge is 0.265 e. The predicted molar refractivity (Wildman–Crippen MR) is 145 cm³/mol. The summed E-state index contributed by atoms with van der Waals surface area (Å²) < 4.78 is 39.0. The summed E-state index contributed by atoms with van der Waals surface area (Å²) in [6.07, 6.45) is 9.85. The summed E-state index contributed by atoms with van der Waals surface area (Å²) >= 11 is 5.47. The maximum Gasteiger partial charge on any atom is 0.265 e. The Bertz CT molecular complexity index is 1190. The first-order valence-corrected chi connectivity index (χ1v) is 14.4. The van der Waals surface area contributed by atoms with Crippen LogP contribution in [0.25, 0.3) is 0 Å². The maximum absolute atomic E-state index is 13.1. The summed E-state index contributed by atoms with van der Waals surface area (Å²) in [5.41, 5.74) is 0.802. The molecule has 0 aliphatic carbocycles. The number of rotatable bonds is 12. The second-order valence-corrected chi connectivity index (χ2v) is 10.6. The van der Waals surface area contributed by atoms with E-state index in [-0.39, 0.29) is 23.7 Å². The molecule has 0 saturated carbocycles. The van der Waals surface area contributed by atoms with Gasteiger partial charge in [-0.05, 0) is 55.8 Å². The molecule has 0 atom stereocenters. The Morgan fingerprint density at radius 1 is 0.892 bits per heavy atom. The topological polar surface area (TPSA) is 110 Å². The highest BCUT2D eigenvalue weighted by Crippen LogP contribution is 2.38. The lowest BCUT2D eigenvalue weighted by Gasteiger charge is -2.36. The molecule has 0 radical (unpaired) electrons. The van der Waals surface area contributed by atoms with Gasteiger partial charge in [0.2, 0.25) is 5.88 Å². The number of carbonyl (C=O) groups is 2. The van der Waals surface area contributed by atoms with Gasteiger partial charge in [0.1, 0.15) is 5.57 Å². The summed E-state index contributed by atoms with van der Waals surface area (Å²) in [4.78, 5) is 31.0. The van der Waals surface area contributed by atoms with Crippen molar-refractivity contribution in [2.24, 2.45) is 0 Å². The molecular weight excluding hydrogens is 514 g/mol. The van der Waals surface area contributed by atoms with Gasteiger partial charge in [-0.2, -0.15) is 0 Å². The predicted octanol–water partition coefficient (Wildman–Crippen LogP) is 3.70. The van der Waals surface area contributed by atoms with Crippen molar-refractivity contribution >= 4 is 45.0 Å². The van der Waals surface area contributed by atoms with Gasteiger partial charge >= 0.3 is 0 Å². The highest BCUT2D eigenvalue weighted by molar-refractivity contribution is 7.85. The standard InChI is InChI=1S/C26H33N3O6S2/c1-3-5-16-28-24(30)20(25(31)29(26(28)36)17-6-4-2)12-7-10-15-23-27(18-11-19-37(32,33)34)21-13-8-9-14-22(21)35-23/h7-10,12-15H,3-6,11,16-19H2,1-2H3,(H,32,33,34)/p-1/b10-7+,23-15+. The maximum atomic E-state index is 13.1. The monoisotopic (exact) mass is 546 g/mol. The molecule has 2 amide bonds. The number of anilines is 1. The minimum atomic E-state index is -4.32. The van der Waals surface area contributed by atoms with Gasteiger partial charge in [0.25, 0.3) is 11.8 Å². The number of carbonyl (C=O) groups excluding carboxylic acids is 2. The Kier molecular flexibility index (Phi) is 10.0. The van der Waals surface area contributed by atoms with Gasteiger partial charge in [-0.15, -0.1) is 0 Å². The number of nitrogens with zero attached hydrogens (tertiary/aromatic N) is 3. The minimum absolute atomic E-state index is 0.0450. The molecule has 1 fully saturated rings. The molecule has 9 nitrogen and oxygen atoms in total. The first-order valence-electron chi connectivity index (χ1n) is 12.4. The second-order valence-electron chi connectivity index (χ2n) is 8.71. The van der Waals surface area contributed by atoms with E-state index in [1.54, 1.807) is 29.2 Å². The molecular formula is C26H32N3O6S2-. The van der Waals surface area contributed by atoms with Crippen LogP contribution in [0.2, 0.25) is 0 Å². The minimum Gasteiger partial charge on any atom is -0.748 e. The van der Waals surface area contributed by atoms with Crippen LogP contribution in [0.5, 0.6) is 5.75 Å². The van der Waals surface area contributed by atoms with E-state index in [2.05, 4.69) is 0 Å². The van der Waals surface area contributed by atoms with Gasteiger partial charge in [0.05, 0.1) is 15.8 Å². The summed E-state index contributed by atoms with van der Waals surface area (Å²) in [6, 6.07) is 7.28. The number of fused-ring (bicyclic) bond motifs is 1. The lowest BCUT2D eigenvalue weighted by atomic mass is 10.1. The van der Waals surface area contributed by atoms with Crippen molar-refractivity contribution in [3.63, 3.8) is 0 Å². The highest BCUT2D eigenvalue weighted by Gasteiger charge is 2.38. The quantitative estimate of drug-likeness (QED) is 0.169. The third-order valence-corrected chi connectivity index (χ3v) is 7.14. The van der Waals surface area contributed by atoms with Crippen LogP contribution in [-0.4, -0.2) is 65.1 Å². The summed E-state index contributed by atoms with van der Waals surface area (Å²) in [5, 5.41) is 0.257. The fourth-order valence-corrected chi connectivity index (χ4v) is 4.80. The van der Waals surface area contributed by atoms with Gasteiger partial charge in [0, 0.05) is 25.4 Å². The van der Waals surface area contributed by atoms with E-state index in [9.17, 15) is 22.6 Å². The summed E-state index contributed by atoms with van der Waals surface area (Å²) in [6.45, 7) is 5.23. The Labute approximate surface area is 223 Å². The van der Waals surface area contributed by atoms with Crippen LogP contribution in [0.4, 0.5) is 5.69 Å². The first kappa shape index (κ1) is 28.5. The van der Waals surface area contributed by atoms with Crippen molar-refractivity contribution < 1.29 is 27.3 Å². The van der Waals surface area contributed by atoms with Crippen molar-refractivity contribution in [1.29, 1.82) is 0 Å². The van der Waals surface area contributed by atoms with Crippen molar-refractivity contribution in [3.8, 4) is 5.75 Å². The number of thiocarbonyl (C=S) groups is 1.